The van der Waals surface area contributed by atoms with Crippen LogP contribution < -0.4 is 46.7 Å². The predicted molar refractivity (Wildman–Crippen MR) is 215 cm³/mol. The van der Waals surface area contributed by atoms with E-state index in [0.29, 0.717) is 0 Å². The summed E-state index contributed by atoms with van der Waals surface area (Å²) in [5, 5.41) is 28.8. The molecule has 0 amide bonds. The van der Waals surface area contributed by atoms with Crippen molar-refractivity contribution in [2.24, 2.45) is 0 Å². The minimum absolute atomic E-state index is 0. The molecule has 0 radical (unpaired) electrons. The van der Waals surface area contributed by atoms with E-state index in [1.165, 1.54) is 27.7 Å². The number of methoxy groups -OCH3 is 2. The molecule has 8 aromatic rings. The fourth-order valence-electron chi connectivity index (χ4n) is 5.16. The number of H-pyrrole nitrogens is 4. The van der Waals surface area contributed by atoms with E-state index in [1.807, 2.05) is 109 Å². The Balaban J connectivity index is 0.000000364. The van der Waals surface area contributed by atoms with Gasteiger partial charge in [-0.2, -0.15) is 20.4 Å². The number of aromatic nitrogens is 10. The van der Waals surface area contributed by atoms with Crippen molar-refractivity contribution in [1.82, 2.24) is 50.8 Å². The van der Waals surface area contributed by atoms with E-state index in [1.54, 1.807) is 26.6 Å². The molecular formula is C42H42Cl2FeN10O12. The number of rotatable bonds is 8. The quantitative estimate of drug-likeness (QED) is 0.129. The van der Waals surface area contributed by atoms with Crippen LogP contribution in [0.1, 0.15) is 27.7 Å². The van der Waals surface area contributed by atoms with Crippen molar-refractivity contribution in [2.45, 2.75) is 27.7 Å². The van der Waals surface area contributed by atoms with Crippen molar-refractivity contribution in [1.29, 1.82) is 0 Å². The molecule has 0 aliphatic heterocycles. The number of aromatic amines is 4. The summed E-state index contributed by atoms with van der Waals surface area (Å²) in [4.78, 5) is 28.2. The summed E-state index contributed by atoms with van der Waals surface area (Å²) < 4.78 is 78.9. The minimum atomic E-state index is -4.94. The van der Waals surface area contributed by atoms with Crippen molar-refractivity contribution in [2.75, 3.05) is 14.2 Å². The first-order valence-corrected chi connectivity index (χ1v) is 21.1. The Bertz CT molecular complexity index is 2500. The van der Waals surface area contributed by atoms with E-state index >= 15 is 0 Å². The number of benzene rings is 2. The summed E-state index contributed by atoms with van der Waals surface area (Å²) in [5.74, 6) is 1.90. The topological polar surface area (TPSA) is 378 Å². The maximum absolute atomic E-state index is 9.44. The number of nitrogens with zero attached hydrogens (tertiary/aromatic N) is 6. The third-order valence-electron chi connectivity index (χ3n) is 7.50. The number of ketones is 2. The summed E-state index contributed by atoms with van der Waals surface area (Å²) in [7, 11) is -6.57. The Morgan fingerprint density at radius 1 is 0.448 bits per heavy atom. The smallest absolute Gasteiger partial charge is 0.496 e. The molecule has 0 spiro atoms. The number of ether oxygens (including phenoxy) is 2. The van der Waals surface area contributed by atoms with Crippen LogP contribution in [-0.2, 0) is 26.7 Å². The van der Waals surface area contributed by atoms with Gasteiger partial charge < -0.3 is 19.1 Å². The third-order valence-corrected chi connectivity index (χ3v) is 7.50. The Kier molecular flexibility index (Phi) is 23.3. The van der Waals surface area contributed by atoms with E-state index < -0.39 is 20.5 Å². The molecule has 0 fully saturated rings. The van der Waals surface area contributed by atoms with Crippen LogP contribution >= 0.6 is 0 Å². The Morgan fingerprint density at radius 2 is 0.746 bits per heavy atom. The number of hydrogen-bond acceptors (Lipinski definition) is 18. The van der Waals surface area contributed by atoms with Gasteiger partial charge in [-0.3, -0.25) is 20.4 Å². The second kappa shape index (κ2) is 27.7. The van der Waals surface area contributed by atoms with E-state index in [4.69, 9.17) is 51.7 Å². The van der Waals surface area contributed by atoms with Gasteiger partial charge in [-0.05, 0) is 100 Å². The SMILES string of the molecule is CC(C)=O.CC(C)=O.COc1ccccc1-c1cc(-c2cccc(-c3cc(-c4ccccc4OC)[nH]n3)n2)n[nH]1.[Fe+2].[O-][Cl+3]([O-])([O-])[O-].[O-][Cl+3]([O-])([O-])[O-].c1cc(-c2cc[nH]n2)nc(-c2cc[nH]n2)c1. The van der Waals surface area contributed by atoms with Crippen LogP contribution in [0, 0.1) is 20.5 Å². The van der Waals surface area contributed by atoms with Gasteiger partial charge in [-0.25, -0.2) is 47.2 Å². The zero-order valence-electron chi connectivity index (χ0n) is 36.2. The monoisotopic (exact) mass is 1000 g/mol. The molecule has 0 aliphatic rings. The summed E-state index contributed by atoms with van der Waals surface area (Å²) in [5.41, 5.74) is 9.94. The van der Waals surface area contributed by atoms with Gasteiger partial charge in [0, 0.05) is 23.5 Å². The molecule has 4 N–H and O–H groups in total. The summed E-state index contributed by atoms with van der Waals surface area (Å²) >= 11 is 0. The van der Waals surface area contributed by atoms with Crippen LogP contribution in [0.5, 0.6) is 11.5 Å². The van der Waals surface area contributed by atoms with Crippen molar-refractivity contribution in [3.05, 3.63) is 122 Å². The van der Waals surface area contributed by atoms with Crippen LogP contribution in [0.15, 0.2) is 122 Å². The second-order valence-corrected chi connectivity index (χ2v) is 14.6. The largest absolute Gasteiger partial charge is 2.00 e. The number of pyridine rings is 2. The molecule has 0 atom stereocenters. The fraction of sp³-hybridized carbons (Fsp3) is 0.143. The molecular weight excluding hydrogens is 963 g/mol. The van der Waals surface area contributed by atoms with Crippen LogP contribution in [0.4, 0.5) is 0 Å². The van der Waals surface area contributed by atoms with Gasteiger partial charge in [0.2, 0.25) is 0 Å². The van der Waals surface area contributed by atoms with Gasteiger partial charge in [0.25, 0.3) is 0 Å². The molecule has 0 saturated heterocycles. The Labute approximate surface area is 397 Å². The molecule has 2 aromatic carbocycles. The Hall–Kier alpha value is -6.70. The van der Waals surface area contributed by atoms with Crippen LogP contribution in [0.3, 0.4) is 0 Å². The average Bonchev–Trinajstić information content (AvgIpc) is 4.11. The zero-order valence-corrected chi connectivity index (χ0v) is 38.9. The van der Waals surface area contributed by atoms with E-state index in [0.717, 1.165) is 79.6 Å². The van der Waals surface area contributed by atoms with Crippen molar-refractivity contribution >= 4 is 11.6 Å². The van der Waals surface area contributed by atoms with Gasteiger partial charge >= 0.3 is 17.1 Å². The van der Waals surface area contributed by atoms with Crippen LogP contribution in [0.25, 0.3) is 68.1 Å². The summed E-state index contributed by atoms with van der Waals surface area (Å²) in [6, 6.07) is 34.9. The number of carbonyl (C=O) groups excluding carboxylic acids is 2. The first-order chi connectivity index (χ1) is 31.2. The molecule has 22 nitrogen and oxygen atoms in total. The molecule has 25 heteroatoms. The number of hydrogen-bond donors (Lipinski definition) is 4. The van der Waals surface area contributed by atoms with E-state index in [2.05, 4.69) is 45.8 Å². The van der Waals surface area contributed by atoms with Crippen LogP contribution in [-0.4, -0.2) is 76.5 Å². The molecule has 8 rings (SSSR count). The standard InChI is InChI=1S/C25H21N5O2.C11H9N5.2C3H6O.2ClHO4.Fe/c1-31-24-12-5-3-8-16(24)20-14-22(29-27-20)18-10-7-11-19(26-18)23-15-21(28-30-23)17-9-4-6-13-25(17)32-2;1-2-8(10-4-6-12-15-10)14-9(3-1)11-5-7-13-16-11;2*1-3(2)4;2*2-1(3,4)5;/h3-15H,1-2H3,(H,27,29)(H,28,30);1-7H,(H,12,15)(H,13,16);2*1-2H3;2*(H,2,3,4,5);/q;;;;;;+2/p-2. The molecule has 67 heavy (non-hydrogen) atoms. The molecule has 6 aromatic heterocycles. The first-order valence-electron chi connectivity index (χ1n) is 18.7. The second-order valence-electron chi connectivity index (χ2n) is 13.0. The molecule has 0 aliphatic carbocycles. The fourth-order valence-corrected chi connectivity index (χ4v) is 5.16. The van der Waals surface area contributed by atoms with Gasteiger partial charge in [0.05, 0.1) is 48.4 Å². The number of para-hydroxylation sites is 2. The Morgan fingerprint density at radius 3 is 1.03 bits per heavy atom. The number of nitrogens with one attached hydrogen (secondary N) is 4. The molecule has 0 saturated carbocycles. The average molecular weight is 1010 g/mol. The first kappa shape index (κ1) is 56.4. The number of Topliss-reactive ketones (excluding diaryl/α,β-unsaturated/α-hetero) is 2. The maximum Gasteiger partial charge on any atom is 2.00 e. The van der Waals surface area contributed by atoms with E-state index in [-0.39, 0.29) is 28.6 Å². The third kappa shape index (κ3) is 21.4. The molecule has 0 bridgehead atoms. The van der Waals surface area contributed by atoms with Gasteiger partial charge in [-0.15, -0.1) is 20.5 Å². The van der Waals surface area contributed by atoms with Gasteiger partial charge in [0.1, 0.15) is 45.8 Å². The van der Waals surface area contributed by atoms with Crippen molar-refractivity contribution < 1.29 is 93.9 Å². The van der Waals surface area contributed by atoms with Crippen molar-refractivity contribution in [3.63, 3.8) is 0 Å². The van der Waals surface area contributed by atoms with Crippen molar-refractivity contribution in [3.8, 4) is 79.6 Å². The molecule has 0 unspecified atom stereocenters. The molecule has 6 heterocycles. The molecule has 354 valence electrons. The van der Waals surface area contributed by atoms with Crippen LogP contribution in [0.2, 0.25) is 0 Å². The van der Waals surface area contributed by atoms with Gasteiger partial charge in [-0.1, -0.05) is 36.4 Å². The van der Waals surface area contributed by atoms with E-state index in [9.17, 15) is 9.59 Å². The normalized spacial score (nSPS) is 10.2. The predicted octanol–water partition coefficient (Wildman–Crippen LogP) is -1.25. The number of carbonyl (C=O) groups is 2. The van der Waals surface area contributed by atoms with Gasteiger partial charge in [0.15, 0.2) is 0 Å². The maximum atomic E-state index is 9.44. The minimum Gasteiger partial charge on any atom is -0.496 e. The zero-order chi connectivity index (χ0) is 48.9. The summed E-state index contributed by atoms with van der Waals surface area (Å²) in [6.07, 6.45) is 3.55. The summed E-state index contributed by atoms with van der Waals surface area (Å²) in [6.45, 7) is 6.11. The number of halogens is 2.